The number of ether oxygens (including phenoxy) is 3. The minimum absolute atomic E-state index is 0.0211. The van der Waals surface area contributed by atoms with Gasteiger partial charge in [-0.3, -0.25) is 9.59 Å². The van der Waals surface area contributed by atoms with Gasteiger partial charge >= 0.3 is 12.1 Å². The minimum Gasteiger partial charge on any atom is -0.462 e. The average Bonchev–Trinajstić information content (AvgIpc) is 3.37. The van der Waals surface area contributed by atoms with E-state index < -0.39 is 30.1 Å². The number of amides is 3. The van der Waals surface area contributed by atoms with E-state index in [0.717, 1.165) is 22.3 Å². The zero-order chi connectivity index (χ0) is 32.9. The molecule has 2 aromatic carbocycles. The third-order valence-electron chi connectivity index (χ3n) is 8.27. The van der Waals surface area contributed by atoms with Crippen molar-refractivity contribution in [3.63, 3.8) is 0 Å². The topological polar surface area (TPSA) is 152 Å². The van der Waals surface area contributed by atoms with Crippen LogP contribution in [0.3, 0.4) is 0 Å². The van der Waals surface area contributed by atoms with Crippen molar-refractivity contribution in [2.75, 3.05) is 39.6 Å². The van der Waals surface area contributed by atoms with Gasteiger partial charge in [0, 0.05) is 18.9 Å². The van der Waals surface area contributed by atoms with E-state index in [0.29, 0.717) is 12.8 Å². The molecule has 3 atom stereocenters. The van der Waals surface area contributed by atoms with Gasteiger partial charge in [-0.15, -0.1) is 0 Å². The molecular formula is C35H45N3O8. The Bertz CT molecular complexity index is 1330. The van der Waals surface area contributed by atoms with E-state index in [2.05, 4.69) is 28.1 Å². The van der Waals surface area contributed by atoms with E-state index in [1.807, 2.05) is 62.4 Å². The normalized spacial score (nSPS) is 20.3. The van der Waals surface area contributed by atoms with Crippen molar-refractivity contribution in [2.45, 2.75) is 57.5 Å². The standard InChI is InChI=1S/C35H45N3O8/c1-23(2)31-22-45-34(42)30(15-5-3-4-10-24(33(41)37-31)20-32(40)36-16-18-44-19-17-39)38-35(43)46-21-29-27-13-8-6-11-25(27)26-12-7-9-14-28(26)29/h3-4,6-9,11-14,23-24,29-31,39H,5,10,15-22H2,1-2H3,(H,36,40)(H,37,41)(H,38,43)/t24-,30+,31-/m1/s1. The van der Waals surface area contributed by atoms with Gasteiger partial charge in [0.25, 0.3) is 0 Å². The molecule has 1 heterocycles. The lowest BCUT2D eigenvalue weighted by Crippen LogP contribution is -2.47. The van der Waals surface area contributed by atoms with E-state index >= 15 is 0 Å². The largest absolute Gasteiger partial charge is 0.462 e. The summed E-state index contributed by atoms with van der Waals surface area (Å²) in [6.07, 6.45) is 3.94. The Morgan fingerprint density at radius 3 is 2.39 bits per heavy atom. The number of esters is 1. The molecule has 1 aliphatic heterocycles. The highest BCUT2D eigenvalue weighted by Crippen LogP contribution is 2.44. The Balaban J connectivity index is 1.36. The number of aliphatic hydroxyl groups is 1. The lowest BCUT2D eigenvalue weighted by Gasteiger charge is -2.25. The van der Waals surface area contributed by atoms with Gasteiger partial charge in [-0.05, 0) is 47.4 Å². The van der Waals surface area contributed by atoms with Crippen molar-refractivity contribution in [3.05, 3.63) is 71.8 Å². The van der Waals surface area contributed by atoms with Gasteiger partial charge in [-0.1, -0.05) is 74.5 Å². The van der Waals surface area contributed by atoms with Crippen molar-refractivity contribution in [2.24, 2.45) is 11.8 Å². The van der Waals surface area contributed by atoms with Crippen LogP contribution in [0, 0.1) is 11.8 Å². The van der Waals surface area contributed by atoms with Crippen LogP contribution in [0.25, 0.3) is 11.1 Å². The van der Waals surface area contributed by atoms with Crippen molar-refractivity contribution >= 4 is 23.9 Å². The number of hydrogen-bond acceptors (Lipinski definition) is 8. The van der Waals surface area contributed by atoms with Gasteiger partial charge < -0.3 is 35.3 Å². The van der Waals surface area contributed by atoms with E-state index in [-0.39, 0.29) is 76.1 Å². The molecule has 3 amide bonds. The number of cyclic esters (lactones) is 1. The van der Waals surface area contributed by atoms with Crippen molar-refractivity contribution in [1.29, 1.82) is 0 Å². The maximum atomic E-state index is 13.2. The quantitative estimate of drug-likeness (QED) is 0.167. The first kappa shape index (κ1) is 34.6. The first-order chi connectivity index (χ1) is 22.3. The molecule has 2 aliphatic rings. The predicted octanol–water partition coefficient (Wildman–Crippen LogP) is 3.45. The Morgan fingerprint density at radius 2 is 1.72 bits per heavy atom. The number of rotatable bonds is 11. The highest BCUT2D eigenvalue weighted by atomic mass is 16.6. The second kappa shape index (κ2) is 17.5. The summed E-state index contributed by atoms with van der Waals surface area (Å²) in [7, 11) is 0. The summed E-state index contributed by atoms with van der Waals surface area (Å²) in [6.45, 7) is 4.46. The number of fused-ring (bicyclic) bond motifs is 3. The van der Waals surface area contributed by atoms with Crippen LogP contribution in [0.1, 0.15) is 56.6 Å². The second-order valence-electron chi connectivity index (χ2n) is 11.9. The maximum Gasteiger partial charge on any atom is 0.407 e. The van der Waals surface area contributed by atoms with Gasteiger partial charge in [-0.25, -0.2) is 9.59 Å². The molecule has 4 rings (SSSR count). The first-order valence-corrected chi connectivity index (χ1v) is 16.0. The molecule has 0 saturated heterocycles. The van der Waals surface area contributed by atoms with Crippen LogP contribution < -0.4 is 16.0 Å². The lowest BCUT2D eigenvalue weighted by molar-refractivity contribution is -0.148. The molecular weight excluding hydrogens is 590 g/mol. The highest BCUT2D eigenvalue weighted by molar-refractivity contribution is 5.86. The highest BCUT2D eigenvalue weighted by Gasteiger charge is 2.31. The summed E-state index contributed by atoms with van der Waals surface area (Å²) in [5.41, 5.74) is 4.42. The lowest BCUT2D eigenvalue weighted by atomic mass is 9.97. The molecule has 0 unspecified atom stereocenters. The minimum atomic E-state index is -0.945. The molecule has 46 heavy (non-hydrogen) atoms. The van der Waals surface area contributed by atoms with Crippen molar-refractivity contribution in [1.82, 2.24) is 16.0 Å². The summed E-state index contributed by atoms with van der Waals surface area (Å²) in [5.74, 6) is -2.01. The number of nitrogens with one attached hydrogen (secondary N) is 3. The van der Waals surface area contributed by atoms with Crippen molar-refractivity contribution < 1.29 is 38.5 Å². The van der Waals surface area contributed by atoms with Crippen LogP contribution in [-0.2, 0) is 28.6 Å². The first-order valence-electron chi connectivity index (χ1n) is 16.0. The molecule has 4 N–H and O–H groups in total. The Morgan fingerprint density at radius 1 is 1.02 bits per heavy atom. The van der Waals surface area contributed by atoms with Crippen LogP contribution in [0.2, 0.25) is 0 Å². The van der Waals surface area contributed by atoms with Gasteiger partial charge in [0.05, 0.1) is 31.8 Å². The number of carbonyl (C=O) groups is 4. The molecule has 11 nitrogen and oxygen atoms in total. The van der Waals surface area contributed by atoms with Crippen LogP contribution in [0.15, 0.2) is 60.7 Å². The molecule has 0 aromatic heterocycles. The summed E-state index contributed by atoms with van der Waals surface area (Å²) in [4.78, 5) is 51.9. The Labute approximate surface area is 270 Å². The zero-order valence-corrected chi connectivity index (χ0v) is 26.5. The molecule has 248 valence electrons. The number of benzene rings is 2. The van der Waals surface area contributed by atoms with Crippen LogP contribution in [-0.4, -0.2) is 80.6 Å². The van der Waals surface area contributed by atoms with E-state index in [9.17, 15) is 19.2 Å². The van der Waals surface area contributed by atoms with Gasteiger partial charge in [0.1, 0.15) is 19.3 Å². The molecule has 0 radical (unpaired) electrons. The fourth-order valence-electron chi connectivity index (χ4n) is 5.65. The van der Waals surface area contributed by atoms with E-state index in [1.165, 1.54) is 0 Å². The maximum absolute atomic E-state index is 13.2. The molecule has 0 bridgehead atoms. The fourth-order valence-corrected chi connectivity index (χ4v) is 5.65. The van der Waals surface area contributed by atoms with Crippen LogP contribution in [0.4, 0.5) is 4.79 Å². The Hall–Kier alpha value is -4.22. The third-order valence-corrected chi connectivity index (χ3v) is 8.27. The van der Waals surface area contributed by atoms with Gasteiger partial charge in [-0.2, -0.15) is 0 Å². The zero-order valence-electron chi connectivity index (χ0n) is 26.5. The SMILES string of the molecule is CC(C)[C@H]1COC(=O)[C@@H](NC(=O)OCC2c3ccccc3-c3ccccc32)CCC=CC[C@H](CC(=O)NCCOCCO)C(=O)N1. The van der Waals surface area contributed by atoms with Gasteiger partial charge in [0.15, 0.2) is 0 Å². The smallest absolute Gasteiger partial charge is 0.407 e. The summed E-state index contributed by atoms with van der Waals surface area (Å²) in [5, 5.41) is 17.2. The number of carbonyl (C=O) groups excluding carboxylic acids is 4. The van der Waals surface area contributed by atoms with Crippen LogP contribution >= 0.6 is 0 Å². The Kier molecular flexibility index (Phi) is 13.2. The second-order valence-corrected chi connectivity index (χ2v) is 11.9. The number of aliphatic hydroxyl groups excluding tert-OH is 1. The number of alkyl carbamates (subject to hydrolysis) is 1. The molecule has 1 aliphatic carbocycles. The van der Waals surface area contributed by atoms with Gasteiger partial charge in [0.2, 0.25) is 11.8 Å². The molecule has 11 heteroatoms. The van der Waals surface area contributed by atoms with E-state index in [1.54, 1.807) is 0 Å². The van der Waals surface area contributed by atoms with E-state index in [4.69, 9.17) is 19.3 Å². The number of allylic oxidation sites excluding steroid dienone is 2. The molecule has 0 fully saturated rings. The molecule has 0 spiro atoms. The van der Waals surface area contributed by atoms with Crippen molar-refractivity contribution in [3.8, 4) is 11.1 Å². The van der Waals surface area contributed by atoms with Crippen LogP contribution in [0.5, 0.6) is 0 Å². The number of hydrogen-bond donors (Lipinski definition) is 4. The fraction of sp³-hybridized carbons (Fsp3) is 0.486. The molecule has 0 saturated carbocycles. The average molecular weight is 636 g/mol. The monoisotopic (exact) mass is 635 g/mol. The summed E-state index contributed by atoms with van der Waals surface area (Å²) >= 11 is 0. The predicted molar refractivity (Wildman–Crippen MR) is 172 cm³/mol. The third kappa shape index (κ3) is 9.64. The molecule has 2 aromatic rings. The summed E-state index contributed by atoms with van der Waals surface area (Å²) < 4.78 is 16.4. The summed E-state index contributed by atoms with van der Waals surface area (Å²) in [6, 6.07) is 14.7.